The maximum absolute atomic E-state index is 6.15. The SMILES string of the molecule is NC(Cc1ccccc1Br)c1ccncc1. The number of rotatable bonds is 3. The molecule has 2 nitrogen and oxygen atoms in total. The number of nitrogens with zero attached hydrogens (tertiary/aromatic N) is 1. The lowest BCUT2D eigenvalue weighted by Crippen LogP contribution is -2.13. The van der Waals surface area contributed by atoms with Crippen LogP contribution in [0.5, 0.6) is 0 Å². The van der Waals surface area contributed by atoms with Gasteiger partial charge in [-0.25, -0.2) is 0 Å². The fourth-order valence-corrected chi connectivity index (χ4v) is 2.08. The van der Waals surface area contributed by atoms with E-state index >= 15 is 0 Å². The smallest absolute Gasteiger partial charge is 0.0337 e. The van der Waals surface area contributed by atoms with Crippen LogP contribution in [0.2, 0.25) is 0 Å². The molecule has 1 aromatic carbocycles. The van der Waals surface area contributed by atoms with Gasteiger partial charge < -0.3 is 5.73 Å². The van der Waals surface area contributed by atoms with Crippen LogP contribution in [0.15, 0.2) is 53.3 Å². The van der Waals surface area contributed by atoms with Crippen molar-refractivity contribution in [3.63, 3.8) is 0 Å². The minimum Gasteiger partial charge on any atom is -0.324 e. The summed E-state index contributed by atoms with van der Waals surface area (Å²) < 4.78 is 1.11. The number of hydrogen-bond acceptors (Lipinski definition) is 2. The number of benzene rings is 1. The van der Waals surface area contributed by atoms with Gasteiger partial charge in [-0.2, -0.15) is 0 Å². The summed E-state index contributed by atoms with van der Waals surface area (Å²) in [6, 6.07) is 12.1. The van der Waals surface area contributed by atoms with Crippen molar-refractivity contribution in [2.24, 2.45) is 5.73 Å². The molecule has 2 N–H and O–H groups in total. The van der Waals surface area contributed by atoms with E-state index in [4.69, 9.17) is 5.73 Å². The van der Waals surface area contributed by atoms with Gasteiger partial charge in [-0.3, -0.25) is 4.98 Å². The van der Waals surface area contributed by atoms with E-state index in [2.05, 4.69) is 27.0 Å². The number of halogens is 1. The molecule has 1 unspecified atom stereocenters. The highest BCUT2D eigenvalue weighted by molar-refractivity contribution is 9.10. The van der Waals surface area contributed by atoms with Gasteiger partial charge in [-0.15, -0.1) is 0 Å². The third-order valence-electron chi connectivity index (χ3n) is 2.53. The lowest BCUT2D eigenvalue weighted by Gasteiger charge is -2.12. The molecule has 1 heterocycles. The highest BCUT2D eigenvalue weighted by atomic mass is 79.9. The van der Waals surface area contributed by atoms with Gasteiger partial charge in [0.05, 0.1) is 0 Å². The van der Waals surface area contributed by atoms with E-state index in [0.717, 1.165) is 16.5 Å². The van der Waals surface area contributed by atoms with Gasteiger partial charge in [0.2, 0.25) is 0 Å². The van der Waals surface area contributed by atoms with Gasteiger partial charge in [-0.1, -0.05) is 34.1 Å². The Morgan fingerprint density at radius 2 is 1.81 bits per heavy atom. The number of aromatic nitrogens is 1. The van der Waals surface area contributed by atoms with Crippen LogP contribution in [-0.4, -0.2) is 4.98 Å². The van der Waals surface area contributed by atoms with E-state index in [0.29, 0.717) is 0 Å². The van der Waals surface area contributed by atoms with E-state index in [-0.39, 0.29) is 6.04 Å². The first-order chi connectivity index (χ1) is 7.77. The minimum atomic E-state index is 0.0155. The standard InChI is InChI=1S/C13H13BrN2/c14-12-4-2-1-3-11(12)9-13(15)10-5-7-16-8-6-10/h1-8,13H,9,15H2. The molecule has 0 saturated heterocycles. The molecule has 0 aliphatic heterocycles. The molecule has 3 heteroatoms. The van der Waals surface area contributed by atoms with Crippen molar-refractivity contribution in [2.75, 3.05) is 0 Å². The Morgan fingerprint density at radius 3 is 2.50 bits per heavy atom. The summed E-state index contributed by atoms with van der Waals surface area (Å²) in [6.07, 6.45) is 4.37. The number of nitrogens with two attached hydrogens (primary N) is 1. The molecule has 0 fully saturated rings. The molecular formula is C13H13BrN2. The van der Waals surface area contributed by atoms with Gasteiger partial charge in [0.15, 0.2) is 0 Å². The van der Waals surface area contributed by atoms with Crippen molar-refractivity contribution in [3.05, 3.63) is 64.4 Å². The average Bonchev–Trinajstić information content (AvgIpc) is 2.33. The van der Waals surface area contributed by atoms with Crippen molar-refractivity contribution < 1.29 is 0 Å². The second kappa shape index (κ2) is 5.23. The van der Waals surface area contributed by atoms with Gasteiger partial charge in [0.1, 0.15) is 0 Å². The zero-order chi connectivity index (χ0) is 11.4. The number of hydrogen-bond donors (Lipinski definition) is 1. The molecule has 2 rings (SSSR count). The third-order valence-corrected chi connectivity index (χ3v) is 3.31. The molecule has 2 aromatic rings. The summed E-state index contributed by atoms with van der Waals surface area (Å²) >= 11 is 3.53. The predicted octanol–water partition coefficient (Wildman–Crippen LogP) is 3.09. The fraction of sp³-hybridized carbons (Fsp3) is 0.154. The Hall–Kier alpha value is -1.19. The first-order valence-electron chi connectivity index (χ1n) is 5.16. The lowest BCUT2D eigenvalue weighted by atomic mass is 10.0. The van der Waals surface area contributed by atoms with Crippen LogP contribution >= 0.6 is 15.9 Å². The van der Waals surface area contributed by atoms with Crippen molar-refractivity contribution in [3.8, 4) is 0 Å². The number of pyridine rings is 1. The van der Waals surface area contributed by atoms with E-state index in [1.165, 1.54) is 5.56 Å². The average molecular weight is 277 g/mol. The molecule has 0 aliphatic rings. The Kier molecular flexibility index (Phi) is 3.70. The molecule has 0 saturated carbocycles. The molecular weight excluding hydrogens is 264 g/mol. The summed E-state index contributed by atoms with van der Waals surface area (Å²) in [7, 11) is 0. The van der Waals surface area contributed by atoms with E-state index in [1.807, 2.05) is 30.3 Å². The molecule has 0 aliphatic carbocycles. The first kappa shape index (κ1) is 11.3. The zero-order valence-electron chi connectivity index (χ0n) is 8.81. The Bertz CT molecular complexity index is 456. The second-order valence-electron chi connectivity index (χ2n) is 3.68. The van der Waals surface area contributed by atoms with Gasteiger partial charge >= 0.3 is 0 Å². The topological polar surface area (TPSA) is 38.9 Å². The van der Waals surface area contributed by atoms with Crippen LogP contribution in [0.4, 0.5) is 0 Å². The quantitative estimate of drug-likeness (QED) is 0.936. The molecule has 1 atom stereocenters. The zero-order valence-corrected chi connectivity index (χ0v) is 10.4. The van der Waals surface area contributed by atoms with Crippen LogP contribution in [-0.2, 0) is 6.42 Å². The largest absolute Gasteiger partial charge is 0.324 e. The Labute approximate surface area is 104 Å². The fourth-order valence-electron chi connectivity index (χ4n) is 1.63. The normalized spacial score (nSPS) is 12.4. The van der Waals surface area contributed by atoms with Crippen LogP contribution in [0, 0.1) is 0 Å². The third kappa shape index (κ3) is 2.68. The maximum atomic E-state index is 6.15. The van der Waals surface area contributed by atoms with Crippen LogP contribution in [0.1, 0.15) is 17.2 Å². The molecule has 82 valence electrons. The first-order valence-corrected chi connectivity index (χ1v) is 5.95. The lowest BCUT2D eigenvalue weighted by molar-refractivity contribution is 0.718. The summed E-state index contributed by atoms with van der Waals surface area (Å²) in [5.74, 6) is 0. The molecule has 0 amide bonds. The highest BCUT2D eigenvalue weighted by Gasteiger charge is 2.08. The van der Waals surface area contributed by atoms with Crippen LogP contribution < -0.4 is 5.73 Å². The minimum absolute atomic E-state index is 0.0155. The summed E-state index contributed by atoms with van der Waals surface area (Å²) in [6.45, 7) is 0. The Morgan fingerprint density at radius 1 is 1.12 bits per heavy atom. The van der Waals surface area contributed by atoms with Crippen LogP contribution in [0.25, 0.3) is 0 Å². The van der Waals surface area contributed by atoms with E-state index in [1.54, 1.807) is 12.4 Å². The molecule has 0 bridgehead atoms. The summed E-state index contributed by atoms with van der Waals surface area (Å²) in [4.78, 5) is 3.99. The van der Waals surface area contributed by atoms with Gasteiger partial charge in [-0.05, 0) is 35.7 Å². The molecule has 0 radical (unpaired) electrons. The van der Waals surface area contributed by atoms with Crippen molar-refractivity contribution >= 4 is 15.9 Å². The second-order valence-corrected chi connectivity index (χ2v) is 4.54. The predicted molar refractivity (Wildman–Crippen MR) is 69.0 cm³/mol. The van der Waals surface area contributed by atoms with E-state index < -0.39 is 0 Å². The maximum Gasteiger partial charge on any atom is 0.0337 e. The highest BCUT2D eigenvalue weighted by Crippen LogP contribution is 2.21. The van der Waals surface area contributed by atoms with Crippen molar-refractivity contribution in [1.29, 1.82) is 0 Å². The van der Waals surface area contributed by atoms with Gasteiger partial charge in [0.25, 0.3) is 0 Å². The summed E-state index contributed by atoms with van der Waals surface area (Å²) in [5, 5.41) is 0. The molecule has 16 heavy (non-hydrogen) atoms. The monoisotopic (exact) mass is 276 g/mol. The van der Waals surface area contributed by atoms with Crippen molar-refractivity contribution in [1.82, 2.24) is 4.98 Å². The Balaban J connectivity index is 2.14. The summed E-state index contributed by atoms with van der Waals surface area (Å²) in [5.41, 5.74) is 8.49. The molecule has 1 aromatic heterocycles. The van der Waals surface area contributed by atoms with Crippen molar-refractivity contribution in [2.45, 2.75) is 12.5 Å². The van der Waals surface area contributed by atoms with Gasteiger partial charge in [0, 0.05) is 22.9 Å². The van der Waals surface area contributed by atoms with Crippen LogP contribution in [0.3, 0.4) is 0 Å². The molecule has 0 spiro atoms. The van der Waals surface area contributed by atoms with E-state index in [9.17, 15) is 0 Å².